The van der Waals surface area contributed by atoms with Gasteiger partial charge < -0.3 is 9.47 Å². The smallest absolute Gasteiger partial charge is 0.0547 e. The van der Waals surface area contributed by atoms with Crippen molar-refractivity contribution >= 4 is 60.4 Å². The van der Waals surface area contributed by atoms with E-state index >= 15 is 0 Å². The van der Waals surface area contributed by atoms with Gasteiger partial charge in [-0.05, 0) is 133 Å². The zero-order valence-corrected chi connectivity index (χ0v) is 33.2. The molecule has 10 aromatic rings. The maximum atomic E-state index is 2.49. The maximum absolute atomic E-state index is 2.49. The van der Waals surface area contributed by atoms with Gasteiger partial charge in [-0.2, -0.15) is 0 Å². The summed E-state index contributed by atoms with van der Waals surface area (Å²) in [5.74, 6) is 0. The summed E-state index contributed by atoms with van der Waals surface area (Å²) in [6.45, 7) is 9.49. The van der Waals surface area contributed by atoms with Crippen LogP contribution in [0.2, 0.25) is 0 Å². The minimum atomic E-state index is -0.119. The molecule has 1 aromatic heterocycles. The van der Waals surface area contributed by atoms with Crippen molar-refractivity contribution in [1.29, 1.82) is 0 Å². The second-order valence-corrected chi connectivity index (χ2v) is 17.4. The van der Waals surface area contributed by atoms with E-state index in [1.54, 1.807) is 0 Å². The minimum absolute atomic E-state index is 0.119. The van der Waals surface area contributed by atoms with E-state index in [-0.39, 0.29) is 10.8 Å². The van der Waals surface area contributed by atoms with Crippen LogP contribution in [0.1, 0.15) is 49.9 Å². The van der Waals surface area contributed by atoms with Gasteiger partial charge in [-0.25, -0.2) is 0 Å². The lowest BCUT2D eigenvalue weighted by Crippen LogP contribution is -2.18. The van der Waals surface area contributed by atoms with Gasteiger partial charge in [0.05, 0.1) is 11.0 Å². The third kappa shape index (κ3) is 4.60. The van der Waals surface area contributed by atoms with E-state index in [4.69, 9.17) is 0 Å². The van der Waals surface area contributed by atoms with Crippen molar-refractivity contribution < 1.29 is 0 Å². The van der Waals surface area contributed by atoms with Crippen LogP contribution in [0.4, 0.5) is 17.1 Å². The Morgan fingerprint density at radius 1 is 0.345 bits per heavy atom. The van der Waals surface area contributed by atoms with Gasteiger partial charge in [0.2, 0.25) is 0 Å². The highest BCUT2D eigenvalue weighted by atomic mass is 15.1. The predicted octanol–water partition coefficient (Wildman–Crippen LogP) is 15.2. The number of benzene rings is 9. The molecule has 0 saturated heterocycles. The van der Waals surface area contributed by atoms with Crippen molar-refractivity contribution in [2.75, 3.05) is 4.90 Å². The molecule has 0 unspecified atom stereocenters. The van der Waals surface area contributed by atoms with E-state index in [0.717, 1.165) is 22.7 Å². The third-order valence-corrected chi connectivity index (χ3v) is 13.5. The van der Waals surface area contributed by atoms with Crippen LogP contribution in [0, 0.1) is 0 Å². The average molecular weight is 743 g/mol. The molecule has 2 aliphatic rings. The molecule has 2 nitrogen and oxygen atoms in total. The lowest BCUT2D eigenvalue weighted by atomic mass is 9.82. The topological polar surface area (TPSA) is 8.17 Å². The second-order valence-electron chi connectivity index (χ2n) is 17.4. The predicted molar refractivity (Wildman–Crippen MR) is 246 cm³/mol. The first kappa shape index (κ1) is 33.3. The van der Waals surface area contributed by atoms with Crippen LogP contribution in [0.25, 0.3) is 71.3 Å². The lowest BCUT2D eigenvalue weighted by molar-refractivity contribution is 0.660. The molecule has 0 N–H and O–H groups in total. The van der Waals surface area contributed by atoms with E-state index in [9.17, 15) is 0 Å². The molecule has 9 aromatic carbocycles. The van der Waals surface area contributed by atoms with Crippen molar-refractivity contribution in [1.82, 2.24) is 4.57 Å². The molecule has 0 amide bonds. The second kappa shape index (κ2) is 11.8. The van der Waals surface area contributed by atoms with Gasteiger partial charge in [0, 0.05) is 44.4 Å². The minimum Gasteiger partial charge on any atom is -0.310 e. The van der Waals surface area contributed by atoms with Crippen molar-refractivity contribution in [2.24, 2.45) is 0 Å². The molecule has 0 fully saturated rings. The van der Waals surface area contributed by atoms with Crippen molar-refractivity contribution in [2.45, 2.75) is 38.5 Å². The Labute approximate surface area is 339 Å². The van der Waals surface area contributed by atoms with Crippen molar-refractivity contribution in [3.8, 4) is 27.9 Å². The maximum Gasteiger partial charge on any atom is 0.0547 e. The molecule has 2 aliphatic carbocycles. The summed E-state index contributed by atoms with van der Waals surface area (Å²) < 4.78 is 2.48. The van der Waals surface area contributed by atoms with Crippen LogP contribution in [0.3, 0.4) is 0 Å². The molecule has 0 saturated carbocycles. The quantitative estimate of drug-likeness (QED) is 0.174. The zero-order valence-electron chi connectivity index (χ0n) is 33.2. The molecule has 0 aliphatic heterocycles. The molecule has 0 radical (unpaired) electrons. The fourth-order valence-corrected chi connectivity index (χ4v) is 10.5. The molecule has 58 heavy (non-hydrogen) atoms. The van der Waals surface area contributed by atoms with Crippen LogP contribution >= 0.6 is 0 Å². The van der Waals surface area contributed by atoms with E-state index in [1.807, 2.05) is 0 Å². The largest absolute Gasteiger partial charge is 0.310 e. The highest BCUT2D eigenvalue weighted by Crippen LogP contribution is 2.53. The molecule has 2 heteroatoms. The monoisotopic (exact) mass is 742 g/mol. The lowest BCUT2D eigenvalue weighted by Gasteiger charge is -2.30. The van der Waals surface area contributed by atoms with Crippen LogP contribution in [-0.4, -0.2) is 4.57 Å². The zero-order chi connectivity index (χ0) is 38.9. The number of rotatable bonds is 4. The Morgan fingerprint density at radius 3 is 1.26 bits per heavy atom. The highest BCUT2D eigenvalue weighted by molar-refractivity contribution is 6.16. The molecule has 12 rings (SSSR count). The SMILES string of the molecule is CC1(C)c2ccccc2-c2ccc(N(c3cccc(-n4c5cc6ccccc6cc5c5cc6ccccc6cc54)c3)c3ccc4c(c3)C(C)(C)c3ccccc3-4)cc21. The Hall–Kier alpha value is -6.90. The summed E-state index contributed by atoms with van der Waals surface area (Å²) in [4.78, 5) is 2.49. The van der Waals surface area contributed by atoms with Crippen LogP contribution in [0.5, 0.6) is 0 Å². The summed E-state index contributed by atoms with van der Waals surface area (Å²) in [7, 11) is 0. The Kier molecular flexibility index (Phi) is 6.78. The van der Waals surface area contributed by atoms with Gasteiger partial charge in [-0.15, -0.1) is 0 Å². The number of nitrogens with zero attached hydrogens (tertiary/aromatic N) is 2. The number of anilines is 3. The number of fused-ring (bicyclic) bond motifs is 11. The fourth-order valence-electron chi connectivity index (χ4n) is 10.5. The fraction of sp³-hybridized carbons (Fsp3) is 0.107. The Bertz CT molecular complexity index is 3160. The third-order valence-electron chi connectivity index (χ3n) is 13.5. The summed E-state index contributed by atoms with van der Waals surface area (Å²) >= 11 is 0. The number of aromatic nitrogens is 1. The van der Waals surface area contributed by atoms with Gasteiger partial charge in [-0.1, -0.05) is 143 Å². The van der Waals surface area contributed by atoms with Gasteiger partial charge in [0.1, 0.15) is 0 Å². The summed E-state index contributed by atoms with van der Waals surface area (Å²) in [6.07, 6.45) is 0. The molecule has 0 atom stereocenters. The van der Waals surface area contributed by atoms with Gasteiger partial charge in [-0.3, -0.25) is 0 Å². The molecular weight excluding hydrogens is 701 g/mol. The normalized spacial score (nSPS) is 14.5. The van der Waals surface area contributed by atoms with E-state index < -0.39 is 0 Å². The molecule has 0 bridgehead atoms. The van der Waals surface area contributed by atoms with Gasteiger partial charge in [0.25, 0.3) is 0 Å². The van der Waals surface area contributed by atoms with Crippen LogP contribution in [0.15, 0.2) is 182 Å². The Balaban J connectivity index is 1.10. The molecule has 0 spiro atoms. The van der Waals surface area contributed by atoms with E-state index in [0.29, 0.717) is 0 Å². The average Bonchev–Trinajstić information content (AvgIpc) is 3.77. The molecule has 276 valence electrons. The summed E-state index contributed by atoms with van der Waals surface area (Å²) in [5.41, 5.74) is 17.6. The van der Waals surface area contributed by atoms with Crippen molar-refractivity contribution in [3.05, 3.63) is 204 Å². The van der Waals surface area contributed by atoms with Crippen LogP contribution in [-0.2, 0) is 10.8 Å². The summed E-state index contributed by atoms with van der Waals surface area (Å²) in [5, 5.41) is 7.52. The Morgan fingerprint density at radius 2 is 0.759 bits per heavy atom. The first-order valence-corrected chi connectivity index (χ1v) is 20.5. The molecular formula is C56H42N2. The number of hydrogen-bond acceptors (Lipinski definition) is 1. The van der Waals surface area contributed by atoms with Gasteiger partial charge in [0.15, 0.2) is 0 Å². The van der Waals surface area contributed by atoms with E-state index in [1.165, 1.54) is 87.9 Å². The first-order chi connectivity index (χ1) is 28.3. The molecule has 1 heterocycles. The highest BCUT2D eigenvalue weighted by Gasteiger charge is 2.37. The van der Waals surface area contributed by atoms with Gasteiger partial charge >= 0.3 is 0 Å². The van der Waals surface area contributed by atoms with E-state index in [2.05, 4.69) is 219 Å². The van der Waals surface area contributed by atoms with Crippen molar-refractivity contribution in [3.63, 3.8) is 0 Å². The first-order valence-electron chi connectivity index (χ1n) is 20.5. The van der Waals surface area contributed by atoms with Crippen LogP contribution < -0.4 is 4.90 Å². The summed E-state index contributed by atoms with van der Waals surface area (Å²) in [6, 6.07) is 68.3. The number of hydrogen-bond donors (Lipinski definition) is 0. The standard InChI is InChI=1S/C56H42N2/c1-55(2)49-22-11-9-20-43(49)45-26-24-41(33-51(45)55)57(42-25-27-46-44-21-10-12-23-50(44)56(3,4)52(46)34-42)39-18-13-19-40(32-39)58-53-30-37-16-7-5-14-35(37)28-47(53)48-29-36-15-6-8-17-38(36)31-54(48)58/h5-34H,1-4H3.